The summed E-state index contributed by atoms with van der Waals surface area (Å²) in [5, 5.41) is 4.16. The van der Waals surface area contributed by atoms with Crippen molar-refractivity contribution in [2.45, 2.75) is 13.3 Å². The highest BCUT2D eigenvalue weighted by Crippen LogP contribution is 2.25. The average molecular weight is 543 g/mol. The summed E-state index contributed by atoms with van der Waals surface area (Å²) in [7, 11) is 0. The Balaban J connectivity index is 1.74. The Hall–Kier alpha value is -3.32. The van der Waals surface area contributed by atoms with E-state index in [2.05, 4.69) is 5.10 Å². The van der Waals surface area contributed by atoms with Crippen molar-refractivity contribution in [2.24, 2.45) is 0 Å². The van der Waals surface area contributed by atoms with Crippen molar-refractivity contribution in [2.75, 3.05) is 13.1 Å². The standard InChI is InChI=1S/C27H22Cl3N3O3/c1-2-14-32(26(35)18-8-13-21(29)22(30)15-18)16-23(34)24-25(17-6-4-3-5-7-17)31-33(27(24)36)20-11-9-19(28)10-12-20/h3-13,15,31H,2,14,16H2,1H3. The van der Waals surface area contributed by atoms with Crippen LogP contribution in [-0.4, -0.2) is 39.5 Å². The third-order valence-corrected chi connectivity index (χ3v) is 6.59. The van der Waals surface area contributed by atoms with Crippen molar-refractivity contribution in [1.82, 2.24) is 14.7 Å². The van der Waals surface area contributed by atoms with Crippen LogP contribution in [0.5, 0.6) is 0 Å². The molecular weight excluding hydrogens is 521 g/mol. The zero-order chi connectivity index (χ0) is 25.8. The van der Waals surface area contributed by atoms with Crippen molar-refractivity contribution in [1.29, 1.82) is 0 Å². The van der Waals surface area contributed by atoms with Gasteiger partial charge in [-0.3, -0.25) is 19.5 Å². The molecule has 0 atom stereocenters. The summed E-state index contributed by atoms with van der Waals surface area (Å²) in [4.78, 5) is 41.7. The first-order chi connectivity index (χ1) is 17.3. The van der Waals surface area contributed by atoms with Gasteiger partial charge in [0, 0.05) is 22.7 Å². The van der Waals surface area contributed by atoms with Crippen LogP contribution in [0.15, 0.2) is 77.6 Å². The maximum atomic E-state index is 13.6. The van der Waals surface area contributed by atoms with E-state index in [1.54, 1.807) is 42.5 Å². The van der Waals surface area contributed by atoms with Crippen molar-refractivity contribution in [3.05, 3.63) is 109 Å². The molecule has 1 N–H and O–H groups in total. The van der Waals surface area contributed by atoms with Gasteiger partial charge in [0.05, 0.1) is 28.0 Å². The number of carbonyl (C=O) groups is 2. The third kappa shape index (κ3) is 5.41. The molecule has 1 aromatic heterocycles. The van der Waals surface area contributed by atoms with E-state index >= 15 is 0 Å². The molecule has 4 rings (SSSR count). The molecular formula is C27H22Cl3N3O3. The summed E-state index contributed by atoms with van der Waals surface area (Å²) in [6, 6.07) is 20.3. The fourth-order valence-electron chi connectivity index (χ4n) is 3.87. The van der Waals surface area contributed by atoms with Crippen LogP contribution in [0.25, 0.3) is 16.9 Å². The summed E-state index contributed by atoms with van der Waals surface area (Å²) in [6.45, 7) is 1.94. The van der Waals surface area contributed by atoms with Gasteiger partial charge in [0.1, 0.15) is 5.56 Å². The molecule has 184 valence electrons. The number of H-pyrrole nitrogens is 1. The normalized spacial score (nSPS) is 10.9. The van der Waals surface area contributed by atoms with E-state index in [1.807, 2.05) is 25.1 Å². The molecule has 3 aromatic carbocycles. The monoisotopic (exact) mass is 541 g/mol. The number of Topliss-reactive ketones (excluding diaryl/α,β-unsaturated/α-hetero) is 1. The van der Waals surface area contributed by atoms with Crippen LogP contribution in [0.3, 0.4) is 0 Å². The van der Waals surface area contributed by atoms with Gasteiger partial charge >= 0.3 is 0 Å². The second-order valence-corrected chi connectivity index (χ2v) is 9.37. The molecule has 0 aliphatic rings. The van der Waals surface area contributed by atoms with E-state index in [4.69, 9.17) is 34.8 Å². The van der Waals surface area contributed by atoms with Gasteiger partial charge in [-0.05, 0) is 48.9 Å². The van der Waals surface area contributed by atoms with E-state index in [0.29, 0.717) is 45.5 Å². The Morgan fingerprint density at radius 3 is 2.25 bits per heavy atom. The van der Waals surface area contributed by atoms with Gasteiger partial charge in [-0.1, -0.05) is 72.1 Å². The number of hydrogen-bond donors (Lipinski definition) is 1. The van der Waals surface area contributed by atoms with Gasteiger partial charge in [-0.15, -0.1) is 0 Å². The number of rotatable bonds is 8. The largest absolute Gasteiger partial charge is 0.331 e. The van der Waals surface area contributed by atoms with Gasteiger partial charge in [0.2, 0.25) is 0 Å². The molecule has 1 amide bonds. The predicted octanol–water partition coefficient (Wildman–Crippen LogP) is 6.53. The van der Waals surface area contributed by atoms with Crippen LogP contribution in [0.2, 0.25) is 15.1 Å². The number of hydrogen-bond acceptors (Lipinski definition) is 3. The zero-order valence-corrected chi connectivity index (χ0v) is 21.6. The van der Waals surface area contributed by atoms with Gasteiger partial charge in [-0.25, -0.2) is 4.68 Å². The summed E-state index contributed by atoms with van der Waals surface area (Å²) in [5.41, 5.74) is 1.33. The minimum atomic E-state index is -0.514. The summed E-state index contributed by atoms with van der Waals surface area (Å²) >= 11 is 18.1. The fourth-order valence-corrected chi connectivity index (χ4v) is 4.29. The van der Waals surface area contributed by atoms with Gasteiger partial charge in [0.25, 0.3) is 11.5 Å². The second kappa shape index (κ2) is 11.2. The predicted molar refractivity (Wildman–Crippen MR) is 144 cm³/mol. The molecule has 0 aliphatic heterocycles. The molecule has 0 saturated carbocycles. The number of aromatic nitrogens is 2. The lowest BCUT2D eigenvalue weighted by Crippen LogP contribution is -2.37. The Bertz CT molecular complexity index is 1460. The lowest BCUT2D eigenvalue weighted by molar-refractivity contribution is 0.0709. The lowest BCUT2D eigenvalue weighted by atomic mass is 10.0. The number of amides is 1. The Morgan fingerprint density at radius 1 is 0.917 bits per heavy atom. The summed E-state index contributed by atoms with van der Waals surface area (Å²) in [6.07, 6.45) is 0.619. The van der Waals surface area contributed by atoms with E-state index in [-0.39, 0.29) is 23.0 Å². The molecule has 0 bridgehead atoms. The minimum absolute atomic E-state index is 0.0285. The highest BCUT2D eigenvalue weighted by Gasteiger charge is 2.27. The maximum Gasteiger partial charge on any atom is 0.282 e. The van der Waals surface area contributed by atoms with Crippen LogP contribution in [0.1, 0.15) is 34.1 Å². The van der Waals surface area contributed by atoms with Crippen LogP contribution in [-0.2, 0) is 0 Å². The van der Waals surface area contributed by atoms with Crippen molar-refractivity contribution >= 4 is 46.5 Å². The molecule has 9 heteroatoms. The lowest BCUT2D eigenvalue weighted by Gasteiger charge is -2.21. The van der Waals surface area contributed by atoms with E-state index < -0.39 is 11.3 Å². The molecule has 0 unspecified atom stereocenters. The summed E-state index contributed by atoms with van der Waals surface area (Å²) < 4.78 is 1.30. The number of benzene rings is 3. The third-order valence-electron chi connectivity index (χ3n) is 5.60. The number of ketones is 1. The number of halogens is 3. The number of nitrogens with one attached hydrogen (secondary N) is 1. The van der Waals surface area contributed by atoms with Crippen molar-refractivity contribution < 1.29 is 9.59 Å². The Kier molecular flexibility index (Phi) is 7.99. The molecule has 36 heavy (non-hydrogen) atoms. The average Bonchev–Trinajstić information content (AvgIpc) is 3.23. The van der Waals surface area contributed by atoms with E-state index in [1.165, 1.54) is 21.7 Å². The molecule has 0 saturated heterocycles. The fraction of sp³-hybridized carbons (Fsp3) is 0.148. The van der Waals surface area contributed by atoms with Crippen LogP contribution >= 0.6 is 34.8 Å². The first-order valence-corrected chi connectivity index (χ1v) is 12.4. The molecule has 0 fully saturated rings. The van der Waals surface area contributed by atoms with Crippen molar-refractivity contribution in [3.8, 4) is 16.9 Å². The van der Waals surface area contributed by atoms with Crippen LogP contribution in [0.4, 0.5) is 0 Å². The minimum Gasteiger partial charge on any atom is -0.331 e. The molecule has 0 aliphatic carbocycles. The molecule has 0 radical (unpaired) electrons. The SMILES string of the molecule is CCCN(CC(=O)c1c(-c2ccccc2)[nH]n(-c2ccc(Cl)cc2)c1=O)C(=O)c1ccc(Cl)c(Cl)c1. The van der Waals surface area contributed by atoms with E-state index in [9.17, 15) is 14.4 Å². The molecule has 6 nitrogen and oxygen atoms in total. The van der Waals surface area contributed by atoms with Crippen LogP contribution < -0.4 is 5.56 Å². The Labute approximate surface area is 223 Å². The topological polar surface area (TPSA) is 75.2 Å². The number of aromatic amines is 1. The smallest absolute Gasteiger partial charge is 0.282 e. The first kappa shape index (κ1) is 25.8. The second-order valence-electron chi connectivity index (χ2n) is 8.12. The molecule has 0 spiro atoms. The van der Waals surface area contributed by atoms with E-state index in [0.717, 1.165) is 0 Å². The highest BCUT2D eigenvalue weighted by atomic mass is 35.5. The quantitative estimate of drug-likeness (QED) is 0.257. The number of nitrogens with zero attached hydrogens (tertiary/aromatic N) is 2. The maximum absolute atomic E-state index is 13.6. The first-order valence-electron chi connectivity index (χ1n) is 11.2. The summed E-state index contributed by atoms with van der Waals surface area (Å²) in [5.74, 6) is -0.858. The van der Waals surface area contributed by atoms with Crippen LogP contribution in [0, 0.1) is 0 Å². The Morgan fingerprint density at radius 2 is 1.61 bits per heavy atom. The highest BCUT2D eigenvalue weighted by molar-refractivity contribution is 6.42. The van der Waals surface area contributed by atoms with Gasteiger partial charge in [0.15, 0.2) is 5.78 Å². The van der Waals surface area contributed by atoms with Gasteiger partial charge < -0.3 is 4.90 Å². The molecule has 1 heterocycles. The molecule has 4 aromatic rings. The number of carbonyl (C=O) groups excluding carboxylic acids is 2. The van der Waals surface area contributed by atoms with Crippen molar-refractivity contribution in [3.63, 3.8) is 0 Å². The zero-order valence-electron chi connectivity index (χ0n) is 19.3. The van der Waals surface area contributed by atoms with Gasteiger partial charge in [-0.2, -0.15) is 0 Å².